The molecule has 1 aromatic rings. The molecule has 0 amide bonds. The number of nitrogens with two attached hydrogens (primary N) is 1. The fourth-order valence-electron chi connectivity index (χ4n) is 0.990. The minimum atomic E-state index is -2.72. The molecule has 0 aliphatic carbocycles. The molecule has 0 fully saturated rings. The molecule has 1 aromatic carbocycles. The van der Waals surface area contributed by atoms with Crippen molar-refractivity contribution in [3.05, 3.63) is 24.3 Å². The molecule has 0 saturated heterocycles. The van der Waals surface area contributed by atoms with Gasteiger partial charge in [-0.25, -0.2) is 0 Å². The average molecular weight is 216 g/mol. The molecule has 1 rings (SSSR count). The normalized spacial score (nSPS) is 14.8. The molecule has 0 spiro atoms. The van der Waals surface area contributed by atoms with E-state index in [-0.39, 0.29) is 0 Å². The Balaban J connectivity index is 2.64. The summed E-state index contributed by atoms with van der Waals surface area (Å²) in [6.07, 6.45) is 0. The topological polar surface area (TPSA) is 64.7 Å². The molecule has 1 unspecified atom stereocenters. The van der Waals surface area contributed by atoms with Crippen molar-refractivity contribution in [2.75, 3.05) is 19.0 Å². The van der Waals surface area contributed by atoms with Crippen LogP contribution in [0.1, 0.15) is 6.92 Å². The van der Waals surface area contributed by atoms with Crippen LogP contribution < -0.4 is 10.3 Å². The second-order valence-electron chi connectivity index (χ2n) is 2.88. The first kappa shape index (κ1) is 11.2. The van der Waals surface area contributed by atoms with Gasteiger partial charge in [-0.3, -0.25) is 4.52 Å². The highest BCUT2D eigenvalue weighted by molar-refractivity contribution is 7.60. The molecule has 0 aromatic heterocycles. The second-order valence-corrected chi connectivity index (χ2v) is 4.93. The molecule has 1 atom stereocenters. The number of rotatable bonds is 4. The van der Waals surface area contributed by atoms with Gasteiger partial charge in [0, 0.05) is 5.69 Å². The zero-order chi connectivity index (χ0) is 10.6. The first-order valence-corrected chi connectivity index (χ1v) is 6.35. The number of hydrogen-bond acceptors (Lipinski definition) is 4. The molecule has 78 valence electrons. The van der Waals surface area contributed by atoms with Crippen LogP contribution in [-0.2, 0) is 4.52 Å². The first-order chi connectivity index (χ1) is 6.53. The maximum absolute atomic E-state index is 9.67. The number of hydrogen-bond donors (Lipinski definition) is 2. The van der Waals surface area contributed by atoms with Crippen molar-refractivity contribution >= 4 is 13.6 Å². The Labute approximate surface area is 84.2 Å². The smallest absolute Gasteiger partial charge is 0.399 e. The largest absolute Gasteiger partial charge is 0.451 e. The van der Waals surface area contributed by atoms with Gasteiger partial charge in [0.25, 0.3) is 0 Å². The highest BCUT2D eigenvalue weighted by atomic mass is 31.2. The molecule has 4 nitrogen and oxygen atoms in total. The van der Waals surface area contributed by atoms with E-state index in [0.717, 1.165) is 0 Å². The first-order valence-electron chi connectivity index (χ1n) is 4.32. The van der Waals surface area contributed by atoms with Crippen molar-refractivity contribution < 1.29 is 13.9 Å². The van der Waals surface area contributed by atoms with Crippen LogP contribution in [0.15, 0.2) is 24.3 Å². The molecule has 3 N–H and O–H groups in total. The molecular weight excluding hydrogens is 201 g/mol. The fraction of sp³-hybridized carbons (Fsp3) is 0.333. The Morgan fingerprint density at radius 3 is 2.43 bits per heavy atom. The van der Waals surface area contributed by atoms with Gasteiger partial charge in [0.2, 0.25) is 0 Å². The Morgan fingerprint density at radius 2 is 1.93 bits per heavy atom. The molecule has 5 heteroatoms. The van der Waals surface area contributed by atoms with Crippen LogP contribution in [0.25, 0.3) is 0 Å². The van der Waals surface area contributed by atoms with Crippen molar-refractivity contribution in [1.29, 1.82) is 0 Å². The summed E-state index contributed by atoms with van der Waals surface area (Å²) in [5.41, 5.74) is 6.17. The Hall–Kier alpha value is -0.830. The van der Waals surface area contributed by atoms with Gasteiger partial charge in [-0.15, -0.1) is 0 Å². The Morgan fingerprint density at radius 1 is 1.36 bits per heavy atom. The van der Waals surface area contributed by atoms with Gasteiger partial charge in [0.1, 0.15) is 6.66 Å². The number of benzene rings is 1. The van der Waals surface area contributed by atoms with E-state index in [1.165, 1.54) is 0 Å². The standard InChI is InChI=1S/C9H15NO3P/c1-3-12-14(2,11)13-9-6-4-8(10)5-7-9/h4-7,11H,3,10H2,1-2H3/q+1. The van der Waals surface area contributed by atoms with Crippen LogP contribution in [0, 0.1) is 0 Å². The Kier molecular flexibility index (Phi) is 3.69. The summed E-state index contributed by atoms with van der Waals surface area (Å²) in [6, 6.07) is 6.81. The molecule has 0 bridgehead atoms. The van der Waals surface area contributed by atoms with Crippen LogP contribution in [-0.4, -0.2) is 18.2 Å². The van der Waals surface area contributed by atoms with E-state index in [0.29, 0.717) is 18.0 Å². The lowest BCUT2D eigenvalue weighted by molar-refractivity contribution is 0.254. The third-order valence-corrected chi connectivity index (χ3v) is 2.81. The van der Waals surface area contributed by atoms with Crippen molar-refractivity contribution in [3.8, 4) is 5.75 Å². The maximum Gasteiger partial charge on any atom is 0.451 e. The summed E-state index contributed by atoms with van der Waals surface area (Å²) in [7, 11) is -2.72. The summed E-state index contributed by atoms with van der Waals surface area (Å²) in [4.78, 5) is 9.67. The predicted molar refractivity (Wildman–Crippen MR) is 58.2 cm³/mol. The van der Waals surface area contributed by atoms with Gasteiger partial charge in [-0.2, -0.15) is 9.42 Å². The predicted octanol–water partition coefficient (Wildman–Crippen LogP) is 2.07. The highest BCUT2D eigenvalue weighted by Crippen LogP contribution is 2.52. The molecular formula is C9H15NO3P+. The zero-order valence-corrected chi connectivity index (χ0v) is 9.20. The molecule has 0 heterocycles. The SMILES string of the molecule is CCO[P+](C)(O)Oc1ccc(N)cc1. The van der Waals surface area contributed by atoms with Gasteiger partial charge >= 0.3 is 7.94 Å². The molecule has 0 aliphatic heterocycles. The summed E-state index contributed by atoms with van der Waals surface area (Å²) in [5, 5.41) is 0. The third-order valence-electron chi connectivity index (χ3n) is 1.52. The summed E-state index contributed by atoms with van der Waals surface area (Å²) in [6.45, 7) is 3.78. The lowest BCUT2D eigenvalue weighted by Crippen LogP contribution is -2.03. The minimum absolute atomic E-state index is 0.426. The number of anilines is 1. The summed E-state index contributed by atoms with van der Waals surface area (Å²) in [5.74, 6) is 0.561. The molecule has 0 radical (unpaired) electrons. The van der Waals surface area contributed by atoms with Crippen LogP contribution in [0.3, 0.4) is 0 Å². The average Bonchev–Trinajstić information content (AvgIpc) is 2.08. The van der Waals surface area contributed by atoms with Crippen molar-refractivity contribution in [2.45, 2.75) is 6.92 Å². The van der Waals surface area contributed by atoms with Gasteiger partial charge in [-0.1, -0.05) is 0 Å². The second kappa shape index (κ2) is 4.60. The van der Waals surface area contributed by atoms with Crippen molar-refractivity contribution in [1.82, 2.24) is 0 Å². The maximum atomic E-state index is 9.67. The quantitative estimate of drug-likeness (QED) is 0.597. The zero-order valence-electron chi connectivity index (χ0n) is 8.30. The van der Waals surface area contributed by atoms with E-state index < -0.39 is 7.94 Å². The third kappa shape index (κ3) is 3.50. The number of nitrogen functional groups attached to an aromatic ring is 1. The van der Waals surface area contributed by atoms with Crippen LogP contribution in [0.4, 0.5) is 5.69 Å². The van der Waals surface area contributed by atoms with E-state index in [4.69, 9.17) is 14.8 Å². The summed E-state index contributed by atoms with van der Waals surface area (Å²) >= 11 is 0. The van der Waals surface area contributed by atoms with E-state index in [2.05, 4.69) is 0 Å². The van der Waals surface area contributed by atoms with Gasteiger partial charge in [0.15, 0.2) is 5.75 Å². The van der Waals surface area contributed by atoms with Crippen molar-refractivity contribution in [2.24, 2.45) is 0 Å². The lowest BCUT2D eigenvalue weighted by Gasteiger charge is -2.12. The molecule has 0 aliphatic rings. The van der Waals surface area contributed by atoms with E-state index >= 15 is 0 Å². The monoisotopic (exact) mass is 216 g/mol. The van der Waals surface area contributed by atoms with E-state index in [9.17, 15) is 4.89 Å². The Bertz CT molecular complexity index is 287. The lowest BCUT2D eigenvalue weighted by atomic mass is 10.3. The van der Waals surface area contributed by atoms with Crippen LogP contribution in [0.5, 0.6) is 5.75 Å². The van der Waals surface area contributed by atoms with Gasteiger partial charge < -0.3 is 5.73 Å². The highest BCUT2D eigenvalue weighted by Gasteiger charge is 2.34. The fourth-order valence-corrected chi connectivity index (χ4v) is 2.03. The van der Waals surface area contributed by atoms with Crippen LogP contribution >= 0.6 is 7.94 Å². The minimum Gasteiger partial charge on any atom is -0.399 e. The molecule has 14 heavy (non-hydrogen) atoms. The van der Waals surface area contributed by atoms with E-state index in [1.807, 2.05) is 0 Å². The van der Waals surface area contributed by atoms with Gasteiger partial charge in [0.05, 0.1) is 6.61 Å². The van der Waals surface area contributed by atoms with E-state index in [1.54, 1.807) is 37.9 Å². The molecule has 0 saturated carbocycles. The van der Waals surface area contributed by atoms with Crippen molar-refractivity contribution in [3.63, 3.8) is 0 Å². The summed E-state index contributed by atoms with van der Waals surface area (Å²) < 4.78 is 10.4. The van der Waals surface area contributed by atoms with Crippen LogP contribution in [0.2, 0.25) is 0 Å². The van der Waals surface area contributed by atoms with Gasteiger partial charge in [-0.05, 0) is 31.2 Å².